The number of nitrogens with two attached hydrogens (primary N) is 3. The van der Waals surface area contributed by atoms with Gasteiger partial charge in [0.25, 0.3) is 0 Å². The quantitative estimate of drug-likeness (QED) is 0.0184. The van der Waals surface area contributed by atoms with Gasteiger partial charge >= 0.3 is 11.9 Å². The molecule has 0 radical (unpaired) electrons. The first-order valence-electron chi connectivity index (χ1n) is 22.4. The molecule has 380 valence electrons. The van der Waals surface area contributed by atoms with E-state index in [1.807, 2.05) is 24.3 Å². The zero-order valence-electron chi connectivity index (χ0n) is 39.0. The molecule has 25 heteroatoms. The molecule has 70 heavy (non-hydrogen) atoms. The van der Waals surface area contributed by atoms with Gasteiger partial charge in [-0.3, -0.25) is 48.1 Å². The van der Waals surface area contributed by atoms with E-state index >= 15 is 0 Å². The van der Waals surface area contributed by atoms with Crippen LogP contribution in [0.2, 0.25) is 0 Å². The Bertz CT molecular complexity index is 2360. The van der Waals surface area contributed by atoms with Crippen molar-refractivity contribution in [3.8, 4) is 0 Å². The molecular formula is C45H63N13O12. The molecule has 3 aromatic rings. The number of carbonyl (C=O) groups is 10. The molecular weight excluding hydrogens is 915 g/mol. The van der Waals surface area contributed by atoms with Crippen LogP contribution in [0.3, 0.4) is 0 Å². The minimum Gasteiger partial charge on any atom is -0.481 e. The lowest BCUT2D eigenvalue weighted by Crippen LogP contribution is -2.59. The van der Waals surface area contributed by atoms with Crippen molar-refractivity contribution >= 4 is 76.1 Å². The van der Waals surface area contributed by atoms with Gasteiger partial charge in [-0.1, -0.05) is 68.8 Å². The predicted molar refractivity (Wildman–Crippen MR) is 254 cm³/mol. The van der Waals surface area contributed by atoms with Crippen LogP contribution in [0.5, 0.6) is 0 Å². The molecule has 0 saturated carbocycles. The number of hydrogen-bond donors (Lipinski definition) is 14. The van der Waals surface area contributed by atoms with Crippen molar-refractivity contribution in [2.24, 2.45) is 28.1 Å². The van der Waals surface area contributed by atoms with Crippen LogP contribution in [0, 0.1) is 5.92 Å². The molecule has 7 atom stereocenters. The van der Waals surface area contributed by atoms with Gasteiger partial charge in [0.2, 0.25) is 47.3 Å². The van der Waals surface area contributed by atoms with E-state index in [0.717, 1.165) is 10.9 Å². The highest BCUT2D eigenvalue weighted by molar-refractivity contribution is 5.97. The van der Waals surface area contributed by atoms with E-state index in [1.165, 1.54) is 6.92 Å². The maximum absolute atomic E-state index is 13.7. The number of benzene rings is 2. The highest BCUT2D eigenvalue weighted by Crippen LogP contribution is 2.19. The Hall–Kier alpha value is -8.09. The SMILES string of the molecule is CC[C@H](C)[C@H](NC(=O)[C@H](CC(=O)O)NC(=O)[C@H](Cc1ccccc1)NC(=O)[C@H](C)NC(=O)CNC(=O)[C@H](CCCN=C(N)N)NC(=O)CNC(=O)[C@H](Cc1c[nH]c2ccccc12)NC(=O)CN)C(=O)O. The van der Waals surface area contributed by atoms with Gasteiger partial charge in [0.05, 0.1) is 26.1 Å². The Labute approximate surface area is 402 Å². The normalized spacial score (nSPS) is 13.8. The maximum atomic E-state index is 13.7. The van der Waals surface area contributed by atoms with Gasteiger partial charge in [-0.2, -0.15) is 0 Å². The average Bonchev–Trinajstić information content (AvgIpc) is 3.73. The second kappa shape index (κ2) is 28.3. The second-order valence-electron chi connectivity index (χ2n) is 16.3. The Balaban J connectivity index is 1.66. The number of para-hydroxylation sites is 1. The fourth-order valence-corrected chi connectivity index (χ4v) is 6.89. The largest absolute Gasteiger partial charge is 0.481 e. The van der Waals surface area contributed by atoms with Crippen molar-refractivity contribution in [2.45, 2.75) is 95.5 Å². The number of carboxylic acid groups (broad SMARTS) is 2. The van der Waals surface area contributed by atoms with E-state index in [-0.39, 0.29) is 38.2 Å². The Morgan fingerprint density at radius 3 is 1.84 bits per heavy atom. The summed E-state index contributed by atoms with van der Waals surface area (Å²) in [6, 6.07) is 7.34. The summed E-state index contributed by atoms with van der Waals surface area (Å²) in [7, 11) is 0. The Kier molecular flexibility index (Phi) is 22.7. The molecule has 0 unspecified atom stereocenters. The van der Waals surface area contributed by atoms with Crippen LogP contribution in [-0.4, -0.2) is 143 Å². The third-order valence-corrected chi connectivity index (χ3v) is 10.9. The molecule has 17 N–H and O–H groups in total. The van der Waals surface area contributed by atoms with Gasteiger partial charge in [0, 0.05) is 36.5 Å². The van der Waals surface area contributed by atoms with Crippen LogP contribution in [0.1, 0.15) is 57.6 Å². The molecule has 0 aliphatic rings. The van der Waals surface area contributed by atoms with Crippen LogP contribution < -0.4 is 59.7 Å². The van der Waals surface area contributed by atoms with E-state index < -0.39 is 127 Å². The van der Waals surface area contributed by atoms with Gasteiger partial charge < -0.3 is 74.9 Å². The zero-order valence-corrected chi connectivity index (χ0v) is 39.0. The maximum Gasteiger partial charge on any atom is 0.326 e. The number of hydrogen-bond acceptors (Lipinski definition) is 12. The fraction of sp³-hybridized carbons (Fsp3) is 0.444. The first-order valence-corrected chi connectivity index (χ1v) is 22.4. The summed E-state index contributed by atoms with van der Waals surface area (Å²) in [4.78, 5) is 136. The Morgan fingerprint density at radius 1 is 0.657 bits per heavy atom. The van der Waals surface area contributed by atoms with E-state index in [9.17, 15) is 58.2 Å². The van der Waals surface area contributed by atoms with Gasteiger partial charge in [0.1, 0.15) is 36.3 Å². The van der Waals surface area contributed by atoms with Gasteiger partial charge in [-0.15, -0.1) is 0 Å². The minimum absolute atomic E-state index is 0.0314. The van der Waals surface area contributed by atoms with E-state index in [0.29, 0.717) is 17.5 Å². The molecule has 0 bridgehead atoms. The molecule has 0 fully saturated rings. The topological polar surface area (TPSA) is 414 Å². The summed E-state index contributed by atoms with van der Waals surface area (Å²) >= 11 is 0. The summed E-state index contributed by atoms with van der Waals surface area (Å²) in [5.41, 5.74) is 18.4. The molecule has 0 aliphatic carbocycles. The summed E-state index contributed by atoms with van der Waals surface area (Å²) < 4.78 is 0. The van der Waals surface area contributed by atoms with E-state index in [1.54, 1.807) is 50.4 Å². The summed E-state index contributed by atoms with van der Waals surface area (Å²) in [6.07, 6.45) is 1.19. The smallest absolute Gasteiger partial charge is 0.326 e. The van der Waals surface area contributed by atoms with Crippen LogP contribution in [-0.2, 0) is 60.8 Å². The molecule has 25 nitrogen and oxygen atoms in total. The number of amides is 8. The molecule has 2 aromatic carbocycles. The van der Waals surface area contributed by atoms with Crippen LogP contribution >= 0.6 is 0 Å². The summed E-state index contributed by atoms with van der Waals surface area (Å²) in [5.74, 6) is -10.4. The number of aliphatic carboxylic acids is 2. The number of guanidine groups is 1. The predicted octanol–water partition coefficient (Wildman–Crippen LogP) is -3.27. The van der Waals surface area contributed by atoms with Crippen molar-refractivity contribution < 1.29 is 58.2 Å². The summed E-state index contributed by atoms with van der Waals surface area (Å²) in [5, 5.41) is 39.4. The monoisotopic (exact) mass is 977 g/mol. The molecule has 0 saturated heterocycles. The number of carbonyl (C=O) groups excluding carboxylic acids is 8. The number of nitrogens with one attached hydrogen (secondary N) is 9. The molecule has 3 rings (SSSR count). The Morgan fingerprint density at radius 2 is 1.23 bits per heavy atom. The first kappa shape index (κ1) is 56.2. The molecule has 1 heterocycles. The number of nitrogens with zero attached hydrogens (tertiary/aromatic N) is 1. The highest BCUT2D eigenvalue weighted by atomic mass is 16.4. The van der Waals surface area contributed by atoms with Crippen LogP contribution in [0.4, 0.5) is 0 Å². The molecule has 0 spiro atoms. The molecule has 8 amide bonds. The lowest BCUT2D eigenvalue weighted by molar-refractivity contribution is -0.144. The fourth-order valence-electron chi connectivity index (χ4n) is 6.89. The lowest BCUT2D eigenvalue weighted by atomic mass is 9.98. The van der Waals surface area contributed by atoms with Gasteiger partial charge in [-0.05, 0) is 42.9 Å². The number of aromatic nitrogens is 1. The third kappa shape index (κ3) is 18.9. The van der Waals surface area contributed by atoms with Crippen LogP contribution in [0.15, 0.2) is 65.8 Å². The van der Waals surface area contributed by atoms with E-state index in [2.05, 4.69) is 52.5 Å². The van der Waals surface area contributed by atoms with E-state index in [4.69, 9.17) is 17.2 Å². The van der Waals surface area contributed by atoms with Crippen molar-refractivity contribution in [2.75, 3.05) is 26.2 Å². The van der Waals surface area contributed by atoms with Crippen molar-refractivity contribution in [1.29, 1.82) is 0 Å². The second-order valence-corrected chi connectivity index (χ2v) is 16.3. The first-order chi connectivity index (χ1) is 33.2. The third-order valence-electron chi connectivity index (χ3n) is 10.9. The van der Waals surface area contributed by atoms with Gasteiger partial charge in [-0.25, -0.2) is 4.79 Å². The van der Waals surface area contributed by atoms with Crippen LogP contribution in [0.25, 0.3) is 10.9 Å². The molecule has 1 aromatic heterocycles. The number of aliphatic imine (C=N–C) groups is 1. The standard InChI is InChI=1S/C45H63N13O12/c1-4-24(2)38(44(69)70)58-43(68)33(19-37(62)63)57-42(67)31(17-26-11-6-5-7-12-26)56-39(64)25(3)53-35(60)22-51-40(65)30(15-10-16-49-45(47)48)54-36(61)23-52-41(66)32(55-34(59)20-46)18-27-21-50-29-14-9-8-13-28(27)29/h5-9,11-14,21,24-25,30-33,38,50H,4,10,15-20,22-23,46H2,1-3H3,(H,51,65)(H,52,66)(H,53,60)(H,54,61)(H,55,59)(H,56,64)(H,57,67)(H,58,68)(H,62,63)(H,69,70)(H4,47,48,49)/t24-,25-,30-,31-,32-,33-,38-/m0/s1. The average molecular weight is 978 g/mol. The number of aromatic amines is 1. The van der Waals surface area contributed by atoms with Crippen molar-refractivity contribution in [1.82, 2.24) is 47.5 Å². The van der Waals surface area contributed by atoms with Crippen molar-refractivity contribution in [3.05, 3.63) is 71.9 Å². The summed E-state index contributed by atoms with van der Waals surface area (Å²) in [6.45, 7) is 2.91. The number of fused-ring (bicyclic) bond motifs is 1. The number of carboxylic acids is 2. The number of H-pyrrole nitrogens is 1. The lowest BCUT2D eigenvalue weighted by Gasteiger charge is -2.26. The highest BCUT2D eigenvalue weighted by Gasteiger charge is 2.34. The molecule has 0 aliphatic heterocycles. The van der Waals surface area contributed by atoms with Gasteiger partial charge in [0.15, 0.2) is 5.96 Å². The zero-order chi connectivity index (χ0) is 51.9. The number of rotatable bonds is 29. The van der Waals surface area contributed by atoms with Crippen molar-refractivity contribution in [3.63, 3.8) is 0 Å². The minimum atomic E-state index is -1.74.